The van der Waals surface area contributed by atoms with Gasteiger partial charge in [-0.3, -0.25) is 4.79 Å². The molecule has 26 heavy (non-hydrogen) atoms. The highest BCUT2D eigenvalue weighted by Crippen LogP contribution is 2.33. The lowest BCUT2D eigenvalue weighted by molar-refractivity contribution is 0.425. The summed E-state index contributed by atoms with van der Waals surface area (Å²) in [7, 11) is 1.58. The van der Waals surface area contributed by atoms with Crippen molar-refractivity contribution >= 4 is 22.5 Å². The number of rotatable bonds is 2. The van der Waals surface area contributed by atoms with Crippen LogP contribution in [0.15, 0.2) is 51.8 Å². The molecule has 0 atom stereocenters. The first-order valence-electron chi connectivity index (χ1n) is 7.57. The zero-order chi connectivity index (χ0) is 18.4. The van der Waals surface area contributed by atoms with E-state index >= 15 is 0 Å². The molecule has 1 N–H and O–H groups in total. The Bertz CT molecular complexity index is 1220. The molecule has 130 valence electrons. The van der Waals surface area contributed by atoms with Crippen molar-refractivity contribution in [1.29, 1.82) is 0 Å². The first kappa shape index (κ1) is 16.3. The molecular formula is C18H11ClFN3O3. The summed E-state index contributed by atoms with van der Waals surface area (Å²) >= 11 is 5.67. The topological polar surface area (TPSA) is 81.2 Å². The summed E-state index contributed by atoms with van der Waals surface area (Å²) < 4.78 is 20.2. The second-order valence-electron chi connectivity index (χ2n) is 5.66. The Balaban J connectivity index is 1.91. The monoisotopic (exact) mass is 371 g/mol. The zero-order valence-electron chi connectivity index (χ0n) is 13.4. The second kappa shape index (κ2) is 5.96. The third kappa shape index (κ3) is 2.44. The second-order valence-corrected chi connectivity index (χ2v) is 6.06. The van der Waals surface area contributed by atoms with E-state index in [2.05, 4.69) is 10.1 Å². The molecule has 0 aliphatic rings. The standard InChI is InChI=1S/C18H11ClFN3O3/c1-23-13-5-3-2-4-10(13)15(24)14(18(23)25)17-21-16(22-26-17)9-6-7-11(19)12(20)8-9/h2-8,24H,1H3. The Hall–Kier alpha value is -3.19. The van der Waals surface area contributed by atoms with Crippen LogP contribution < -0.4 is 5.56 Å². The number of para-hydroxylation sites is 1. The molecule has 0 radical (unpaired) electrons. The van der Waals surface area contributed by atoms with E-state index in [0.717, 1.165) is 6.07 Å². The van der Waals surface area contributed by atoms with E-state index in [4.69, 9.17) is 16.1 Å². The van der Waals surface area contributed by atoms with Gasteiger partial charge in [-0.15, -0.1) is 0 Å². The van der Waals surface area contributed by atoms with Crippen molar-refractivity contribution < 1.29 is 14.0 Å². The molecule has 4 aromatic rings. The Morgan fingerprint density at radius 1 is 1.23 bits per heavy atom. The number of aromatic hydroxyl groups is 1. The van der Waals surface area contributed by atoms with Crippen LogP contribution in [0, 0.1) is 5.82 Å². The molecular weight excluding hydrogens is 361 g/mol. The van der Waals surface area contributed by atoms with Gasteiger partial charge < -0.3 is 14.2 Å². The third-order valence-corrected chi connectivity index (χ3v) is 4.40. The molecule has 6 nitrogen and oxygen atoms in total. The minimum Gasteiger partial charge on any atom is -0.506 e. The van der Waals surface area contributed by atoms with E-state index < -0.39 is 11.4 Å². The molecule has 0 amide bonds. The van der Waals surface area contributed by atoms with Crippen molar-refractivity contribution in [3.05, 3.63) is 63.7 Å². The van der Waals surface area contributed by atoms with Crippen LogP contribution in [0.2, 0.25) is 5.02 Å². The van der Waals surface area contributed by atoms with Gasteiger partial charge in [-0.05, 0) is 30.3 Å². The number of fused-ring (bicyclic) bond motifs is 1. The normalized spacial score (nSPS) is 11.2. The van der Waals surface area contributed by atoms with Crippen LogP contribution >= 0.6 is 11.6 Å². The van der Waals surface area contributed by atoms with Crippen LogP contribution in [0.25, 0.3) is 33.7 Å². The minimum atomic E-state index is -0.625. The molecule has 4 rings (SSSR count). The lowest BCUT2D eigenvalue weighted by Gasteiger charge is -2.09. The molecule has 2 heterocycles. The van der Waals surface area contributed by atoms with E-state index in [1.54, 1.807) is 31.3 Å². The van der Waals surface area contributed by atoms with Crippen LogP contribution in [0.4, 0.5) is 4.39 Å². The van der Waals surface area contributed by atoms with Crippen LogP contribution in [0.3, 0.4) is 0 Å². The largest absolute Gasteiger partial charge is 0.506 e. The van der Waals surface area contributed by atoms with Crippen molar-refractivity contribution in [2.75, 3.05) is 0 Å². The molecule has 0 saturated carbocycles. The van der Waals surface area contributed by atoms with Gasteiger partial charge in [-0.2, -0.15) is 4.98 Å². The Morgan fingerprint density at radius 3 is 2.77 bits per heavy atom. The van der Waals surface area contributed by atoms with Crippen LogP contribution in [0.1, 0.15) is 0 Å². The summed E-state index contributed by atoms with van der Waals surface area (Å²) in [5.41, 5.74) is 0.301. The lowest BCUT2D eigenvalue weighted by Crippen LogP contribution is -2.19. The maximum Gasteiger partial charge on any atom is 0.267 e. The van der Waals surface area contributed by atoms with E-state index in [1.165, 1.54) is 16.7 Å². The molecule has 0 spiro atoms. The Labute approximate surface area is 151 Å². The predicted octanol–water partition coefficient (Wildman–Crippen LogP) is 3.75. The first-order valence-corrected chi connectivity index (χ1v) is 7.95. The van der Waals surface area contributed by atoms with Crippen LogP contribution in [0.5, 0.6) is 5.75 Å². The van der Waals surface area contributed by atoms with Gasteiger partial charge in [0, 0.05) is 18.0 Å². The highest BCUT2D eigenvalue weighted by molar-refractivity contribution is 6.30. The maximum absolute atomic E-state index is 13.6. The highest BCUT2D eigenvalue weighted by Gasteiger charge is 2.22. The number of hydrogen-bond donors (Lipinski definition) is 1. The molecule has 2 aromatic heterocycles. The maximum atomic E-state index is 13.6. The van der Waals surface area contributed by atoms with E-state index in [1.807, 2.05) is 0 Å². The van der Waals surface area contributed by atoms with Crippen molar-refractivity contribution in [1.82, 2.24) is 14.7 Å². The van der Waals surface area contributed by atoms with E-state index in [-0.39, 0.29) is 28.1 Å². The van der Waals surface area contributed by atoms with Crippen molar-refractivity contribution in [2.24, 2.45) is 7.05 Å². The molecule has 2 aromatic carbocycles. The summed E-state index contributed by atoms with van der Waals surface area (Å²) in [5, 5.41) is 14.8. The van der Waals surface area contributed by atoms with Gasteiger partial charge in [0.2, 0.25) is 5.82 Å². The highest BCUT2D eigenvalue weighted by atomic mass is 35.5. The van der Waals surface area contributed by atoms with Crippen LogP contribution in [-0.2, 0) is 7.05 Å². The number of hydrogen-bond acceptors (Lipinski definition) is 5. The van der Waals surface area contributed by atoms with Gasteiger partial charge in [-0.1, -0.05) is 28.9 Å². The zero-order valence-corrected chi connectivity index (χ0v) is 14.2. The molecule has 0 fully saturated rings. The summed E-state index contributed by atoms with van der Waals surface area (Å²) in [6.07, 6.45) is 0. The number of benzene rings is 2. The average molecular weight is 372 g/mol. The van der Waals surface area contributed by atoms with Gasteiger partial charge in [0.1, 0.15) is 17.1 Å². The molecule has 0 aliphatic heterocycles. The summed E-state index contributed by atoms with van der Waals surface area (Å²) in [4.78, 5) is 16.8. The van der Waals surface area contributed by atoms with Crippen molar-refractivity contribution in [3.63, 3.8) is 0 Å². The molecule has 0 aliphatic carbocycles. The third-order valence-electron chi connectivity index (χ3n) is 4.09. The van der Waals surface area contributed by atoms with Gasteiger partial charge >= 0.3 is 0 Å². The number of aromatic nitrogens is 3. The number of aryl methyl sites for hydroxylation is 1. The Morgan fingerprint density at radius 2 is 2.00 bits per heavy atom. The molecule has 0 saturated heterocycles. The lowest BCUT2D eigenvalue weighted by atomic mass is 10.1. The molecule has 0 bridgehead atoms. The Kier molecular flexibility index (Phi) is 3.73. The van der Waals surface area contributed by atoms with Gasteiger partial charge in [0.15, 0.2) is 0 Å². The van der Waals surface area contributed by atoms with Crippen molar-refractivity contribution in [2.45, 2.75) is 0 Å². The van der Waals surface area contributed by atoms with E-state index in [0.29, 0.717) is 16.5 Å². The quantitative estimate of drug-likeness (QED) is 0.580. The average Bonchev–Trinajstić information content (AvgIpc) is 3.12. The number of nitrogens with zero attached hydrogens (tertiary/aromatic N) is 3. The van der Waals surface area contributed by atoms with E-state index in [9.17, 15) is 14.3 Å². The summed E-state index contributed by atoms with van der Waals surface area (Å²) in [6.45, 7) is 0. The van der Waals surface area contributed by atoms with Gasteiger partial charge in [0.05, 0.1) is 10.5 Å². The molecule has 0 unspecified atom stereocenters. The number of pyridine rings is 1. The minimum absolute atomic E-state index is 0.0292. The fourth-order valence-corrected chi connectivity index (χ4v) is 2.87. The molecule has 8 heteroatoms. The SMILES string of the molecule is Cn1c(=O)c(-c2nc(-c3ccc(Cl)c(F)c3)no2)c(O)c2ccccc21. The summed E-state index contributed by atoms with van der Waals surface area (Å²) in [6, 6.07) is 11.0. The predicted molar refractivity (Wildman–Crippen MR) is 94.5 cm³/mol. The fourth-order valence-electron chi connectivity index (χ4n) is 2.75. The number of halogens is 2. The fraction of sp³-hybridized carbons (Fsp3) is 0.0556. The van der Waals surface area contributed by atoms with Crippen molar-refractivity contribution in [3.8, 4) is 28.6 Å². The van der Waals surface area contributed by atoms with Gasteiger partial charge in [-0.25, -0.2) is 4.39 Å². The van der Waals surface area contributed by atoms with Gasteiger partial charge in [0.25, 0.3) is 11.4 Å². The summed E-state index contributed by atoms with van der Waals surface area (Å²) in [5.74, 6) is -0.953. The van der Waals surface area contributed by atoms with Crippen LogP contribution in [-0.4, -0.2) is 19.8 Å². The first-order chi connectivity index (χ1) is 12.5. The smallest absolute Gasteiger partial charge is 0.267 e.